The zero-order chi connectivity index (χ0) is 15.4. The van der Waals surface area contributed by atoms with Gasteiger partial charge in [0.25, 0.3) is 5.69 Å². The number of hydrogen-bond acceptors (Lipinski definition) is 4. The number of anilines is 1. The minimum Gasteiger partial charge on any atom is -0.381 e. The molecule has 1 fully saturated rings. The molecule has 21 heavy (non-hydrogen) atoms. The van der Waals surface area contributed by atoms with Crippen LogP contribution in [0.3, 0.4) is 0 Å². The highest BCUT2D eigenvalue weighted by Crippen LogP contribution is 2.31. The van der Waals surface area contributed by atoms with E-state index in [9.17, 15) is 10.1 Å². The summed E-state index contributed by atoms with van der Waals surface area (Å²) < 4.78 is 0.869. The van der Waals surface area contributed by atoms with Gasteiger partial charge in [-0.15, -0.1) is 0 Å². The number of aryl methyl sites for hydroxylation is 1. The summed E-state index contributed by atoms with van der Waals surface area (Å²) in [5.41, 5.74) is 1.61. The summed E-state index contributed by atoms with van der Waals surface area (Å²) in [7, 11) is 0. The summed E-state index contributed by atoms with van der Waals surface area (Å²) in [5.74, 6) is 0. The quantitative estimate of drug-likeness (QED) is 0.618. The van der Waals surface area contributed by atoms with Crippen molar-refractivity contribution < 1.29 is 4.92 Å². The van der Waals surface area contributed by atoms with Gasteiger partial charge in [0, 0.05) is 28.2 Å². The largest absolute Gasteiger partial charge is 0.381 e. The molecule has 1 saturated heterocycles. The molecule has 5 nitrogen and oxygen atoms in total. The second-order valence-corrected chi connectivity index (χ2v) is 6.66. The molecule has 1 aromatic carbocycles. The summed E-state index contributed by atoms with van der Waals surface area (Å²) in [6, 6.07) is 4.22. The van der Waals surface area contributed by atoms with Gasteiger partial charge in [-0.1, -0.05) is 6.42 Å². The lowest BCUT2D eigenvalue weighted by atomic mass is 9.98. The van der Waals surface area contributed by atoms with Crippen LogP contribution in [-0.2, 0) is 0 Å². The van der Waals surface area contributed by atoms with Crippen LogP contribution in [0.15, 0.2) is 16.6 Å². The number of nitrogens with one attached hydrogen (secondary N) is 2. The smallest absolute Gasteiger partial charge is 0.274 e. The third kappa shape index (κ3) is 4.41. The van der Waals surface area contributed by atoms with E-state index in [-0.39, 0.29) is 16.7 Å². The molecule has 0 bridgehead atoms. The molecule has 6 heteroatoms. The normalized spacial score (nSPS) is 20.0. The molecule has 2 atom stereocenters. The van der Waals surface area contributed by atoms with Crippen LogP contribution < -0.4 is 10.6 Å². The Bertz CT molecular complexity index is 516. The van der Waals surface area contributed by atoms with Gasteiger partial charge >= 0.3 is 0 Å². The molecule has 0 amide bonds. The van der Waals surface area contributed by atoms with Crippen LogP contribution in [0, 0.1) is 17.0 Å². The molecule has 1 aliphatic heterocycles. The Morgan fingerprint density at radius 1 is 1.52 bits per heavy atom. The van der Waals surface area contributed by atoms with E-state index < -0.39 is 0 Å². The van der Waals surface area contributed by atoms with Gasteiger partial charge < -0.3 is 10.6 Å². The van der Waals surface area contributed by atoms with Crippen molar-refractivity contribution in [1.29, 1.82) is 0 Å². The third-order valence-corrected chi connectivity index (χ3v) is 4.59. The number of benzene rings is 1. The first-order valence-corrected chi connectivity index (χ1v) is 8.21. The molecule has 2 rings (SSSR count). The van der Waals surface area contributed by atoms with Crippen LogP contribution >= 0.6 is 15.9 Å². The van der Waals surface area contributed by atoms with E-state index in [4.69, 9.17) is 0 Å². The molecule has 0 spiro atoms. The van der Waals surface area contributed by atoms with Crippen molar-refractivity contribution in [2.75, 3.05) is 11.9 Å². The zero-order valence-corrected chi connectivity index (χ0v) is 14.1. The summed E-state index contributed by atoms with van der Waals surface area (Å²) in [6.07, 6.45) is 4.77. The van der Waals surface area contributed by atoms with Crippen LogP contribution in [0.4, 0.5) is 11.4 Å². The molecule has 0 aromatic heterocycles. The fourth-order valence-electron chi connectivity index (χ4n) is 2.84. The van der Waals surface area contributed by atoms with Crippen LogP contribution in [-0.4, -0.2) is 23.6 Å². The molecule has 0 aliphatic carbocycles. The summed E-state index contributed by atoms with van der Waals surface area (Å²) in [6.45, 7) is 4.97. The lowest BCUT2D eigenvalue weighted by molar-refractivity contribution is -0.385. The SMILES string of the molecule is Cc1cc(Br)c(NC(C)CC2CCCCN2)cc1[N+](=O)[O-]. The summed E-state index contributed by atoms with van der Waals surface area (Å²) in [5, 5.41) is 18.0. The molecule has 2 unspecified atom stereocenters. The van der Waals surface area contributed by atoms with Crippen molar-refractivity contribution in [2.45, 2.75) is 51.6 Å². The fraction of sp³-hybridized carbons (Fsp3) is 0.600. The second-order valence-electron chi connectivity index (χ2n) is 5.80. The number of piperidine rings is 1. The molecule has 116 valence electrons. The Balaban J connectivity index is 2.04. The van der Waals surface area contributed by atoms with Gasteiger partial charge in [0.05, 0.1) is 10.6 Å². The van der Waals surface area contributed by atoms with E-state index >= 15 is 0 Å². The van der Waals surface area contributed by atoms with E-state index in [2.05, 4.69) is 33.5 Å². The standard InChI is InChI=1S/C15H22BrN3O2/c1-10-7-13(16)14(9-15(10)19(20)21)18-11(2)8-12-5-3-4-6-17-12/h7,9,11-12,17-18H,3-6,8H2,1-2H3. The number of nitro benzene ring substituents is 1. The van der Waals surface area contributed by atoms with Crippen molar-refractivity contribution in [1.82, 2.24) is 5.32 Å². The highest BCUT2D eigenvalue weighted by atomic mass is 79.9. The van der Waals surface area contributed by atoms with Gasteiger partial charge in [0.2, 0.25) is 0 Å². The van der Waals surface area contributed by atoms with Crippen molar-refractivity contribution in [3.63, 3.8) is 0 Å². The van der Waals surface area contributed by atoms with Gasteiger partial charge in [-0.25, -0.2) is 0 Å². The molecule has 0 radical (unpaired) electrons. The molecular formula is C15H22BrN3O2. The Kier molecular flexibility index (Phi) is 5.58. The highest BCUT2D eigenvalue weighted by Gasteiger charge is 2.18. The first-order valence-electron chi connectivity index (χ1n) is 7.42. The molecule has 1 aromatic rings. The average Bonchev–Trinajstić information content (AvgIpc) is 2.42. The summed E-state index contributed by atoms with van der Waals surface area (Å²) in [4.78, 5) is 10.7. The van der Waals surface area contributed by atoms with E-state index in [1.165, 1.54) is 19.3 Å². The minimum atomic E-state index is -0.333. The number of nitro groups is 1. The monoisotopic (exact) mass is 355 g/mol. The Hall–Kier alpha value is -1.14. The van der Waals surface area contributed by atoms with Crippen molar-refractivity contribution in [2.24, 2.45) is 0 Å². The lowest BCUT2D eigenvalue weighted by Gasteiger charge is -2.27. The maximum Gasteiger partial charge on any atom is 0.274 e. The van der Waals surface area contributed by atoms with Crippen LogP contribution in [0.1, 0.15) is 38.2 Å². The predicted molar refractivity (Wildman–Crippen MR) is 88.9 cm³/mol. The number of rotatable bonds is 5. The van der Waals surface area contributed by atoms with E-state index in [1.54, 1.807) is 19.1 Å². The number of nitrogens with zero attached hydrogens (tertiary/aromatic N) is 1. The lowest BCUT2D eigenvalue weighted by Crippen LogP contribution is -2.37. The molecule has 2 N–H and O–H groups in total. The van der Waals surface area contributed by atoms with Crippen molar-refractivity contribution >= 4 is 27.3 Å². The van der Waals surface area contributed by atoms with E-state index in [0.29, 0.717) is 11.6 Å². The molecular weight excluding hydrogens is 334 g/mol. The summed E-state index contributed by atoms with van der Waals surface area (Å²) >= 11 is 3.48. The maximum absolute atomic E-state index is 11.0. The maximum atomic E-state index is 11.0. The Morgan fingerprint density at radius 2 is 2.29 bits per heavy atom. The van der Waals surface area contributed by atoms with Gasteiger partial charge in [-0.2, -0.15) is 0 Å². The van der Waals surface area contributed by atoms with Crippen LogP contribution in [0.5, 0.6) is 0 Å². The first-order chi connectivity index (χ1) is 9.97. The number of halogens is 1. The van der Waals surface area contributed by atoms with Crippen molar-refractivity contribution in [3.05, 3.63) is 32.3 Å². The molecule has 1 aliphatic rings. The Morgan fingerprint density at radius 3 is 2.90 bits per heavy atom. The van der Waals surface area contributed by atoms with Gasteiger partial charge in [0.15, 0.2) is 0 Å². The molecule has 1 heterocycles. The minimum absolute atomic E-state index is 0.156. The third-order valence-electron chi connectivity index (χ3n) is 3.93. The fourth-order valence-corrected chi connectivity index (χ4v) is 3.42. The van der Waals surface area contributed by atoms with Crippen LogP contribution in [0.2, 0.25) is 0 Å². The predicted octanol–water partition coefficient (Wildman–Crippen LogP) is 4.00. The van der Waals surface area contributed by atoms with Crippen molar-refractivity contribution in [3.8, 4) is 0 Å². The second kappa shape index (κ2) is 7.22. The molecule has 0 saturated carbocycles. The average molecular weight is 356 g/mol. The first kappa shape index (κ1) is 16.2. The Labute approximate surface area is 133 Å². The van der Waals surface area contributed by atoms with E-state index in [1.807, 2.05) is 0 Å². The number of hydrogen-bond donors (Lipinski definition) is 2. The van der Waals surface area contributed by atoms with E-state index in [0.717, 1.165) is 23.1 Å². The van der Waals surface area contributed by atoms with Gasteiger partial charge in [-0.3, -0.25) is 10.1 Å². The highest BCUT2D eigenvalue weighted by molar-refractivity contribution is 9.10. The van der Waals surface area contributed by atoms with Gasteiger partial charge in [0.1, 0.15) is 0 Å². The zero-order valence-electron chi connectivity index (χ0n) is 12.5. The van der Waals surface area contributed by atoms with Crippen LogP contribution in [0.25, 0.3) is 0 Å². The van der Waals surface area contributed by atoms with Gasteiger partial charge in [-0.05, 0) is 61.7 Å². The topological polar surface area (TPSA) is 67.2 Å².